The van der Waals surface area contributed by atoms with Crippen molar-refractivity contribution in [3.8, 4) is 11.5 Å². The third kappa shape index (κ3) is 5.74. The summed E-state index contributed by atoms with van der Waals surface area (Å²) in [5.41, 5.74) is 1.34. The molecule has 0 aromatic heterocycles. The first-order valence-corrected chi connectivity index (χ1v) is 8.08. The summed E-state index contributed by atoms with van der Waals surface area (Å²) in [6.45, 7) is 0. The third-order valence-electron chi connectivity index (χ3n) is 3.68. The highest BCUT2D eigenvalue weighted by Crippen LogP contribution is 2.26. The first-order valence-electron chi connectivity index (χ1n) is 8.08. The summed E-state index contributed by atoms with van der Waals surface area (Å²) in [7, 11) is 2.84. The molecule has 0 fully saturated rings. The number of phenols is 1. The fraction of sp³-hybridized carbons (Fsp3) is 0.143. The Balaban J connectivity index is 2.00. The normalized spacial score (nSPS) is 15.9. The summed E-state index contributed by atoms with van der Waals surface area (Å²) in [5, 5.41) is 19.5. The van der Waals surface area contributed by atoms with Gasteiger partial charge in [0.2, 0.25) is 5.78 Å². The number of hydrogen-bond acceptors (Lipinski definition) is 6. The maximum Gasteiger partial charge on any atom is 0.220 e. The topological polar surface area (TPSA) is 93.1 Å². The van der Waals surface area contributed by atoms with E-state index in [2.05, 4.69) is 0 Å². The van der Waals surface area contributed by atoms with Crippen molar-refractivity contribution < 1.29 is 29.3 Å². The fourth-order valence-corrected chi connectivity index (χ4v) is 2.26. The Hall–Kier alpha value is -3.54. The number of allylic oxidation sites excluding steroid dienone is 8. The van der Waals surface area contributed by atoms with Gasteiger partial charge in [0.15, 0.2) is 23.0 Å². The molecule has 0 saturated carbocycles. The van der Waals surface area contributed by atoms with Crippen LogP contribution in [0.1, 0.15) is 12.0 Å². The molecule has 27 heavy (non-hydrogen) atoms. The molecule has 1 aliphatic carbocycles. The number of carbonyl (C=O) groups excluding carboxylic acids is 2. The Morgan fingerprint density at radius 3 is 2.67 bits per heavy atom. The van der Waals surface area contributed by atoms with Crippen LogP contribution in [0.25, 0.3) is 6.08 Å². The standard InChI is InChI=1S/C21H20O6/c1-26-20-11-14(5-9-18(20)24)3-7-16(22)13-17(23)8-4-15-6-10-19(25)21(12-15)27-2/h3-12,22,25H,13H2,1-2H3/b8-4+,14-3+,16-7-. The number of aliphatic hydroxyl groups excluding tert-OH is 1. The van der Waals surface area contributed by atoms with E-state index in [1.165, 1.54) is 38.5 Å². The SMILES string of the molecule is COC1=C/C(=C/C=C(\O)CC(=O)/C=C/c2ccc(O)c(OC)c2)C=CC1=O. The molecule has 140 valence electrons. The zero-order valence-corrected chi connectivity index (χ0v) is 15.0. The van der Waals surface area contributed by atoms with Crippen LogP contribution in [0.15, 0.2) is 71.7 Å². The number of rotatable bonds is 7. The van der Waals surface area contributed by atoms with Gasteiger partial charge in [0, 0.05) is 0 Å². The van der Waals surface area contributed by atoms with E-state index in [4.69, 9.17) is 9.47 Å². The Morgan fingerprint density at radius 2 is 1.96 bits per heavy atom. The van der Waals surface area contributed by atoms with E-state index < -0.39 is 0 Å². The number of methoxy groups -OCH3 is 2. The Labute approximate surface area is 157 Å². The largest absolute Gasteiger partial charge is 0.512 e. The number of aromatic hydroxyl groups is 1. The molecule has 0 saturated heterocycles. The van der Waals surface area contributed by atoms with Crippen LogP contribution < -0.4 is 4.74 Å². The predicted molar refractivity (Wildman–Crippen MR) is 101 cm³/mol. The highest BCUT2D eigenvalue weighted by atomic mass is 16.5. The molecule has 2 N–H and O–H groups in total. The van der Waals surface area contributed by atoms with Gasteiger partial charge in [-0.3, -0.25) is 9.59 Å². The molecule has 0 heterocycles. The van der Waals surface area contributed by atoms with Crippen LogP contribution in [0.4, 0.5) is 0 Å². The molecule has 0 radical (unpaired) electrons. The maximum absolute atomic E-state index is 12.0. The van der Waals surface area contributed by atoms with Gasteiger partial charge in [0.05, 0.1) is 26.4 Å². The molecule has 2 rings (SSSR count). The molecule has 0 bridgehead atoms. The third-order valence-corrected chi connectivity index (χ3v) is 3.68. The van der Waals surface area contributed by atoms with Crippen molar-refractivity contribution in [3.63, 3.8) is 0 Å². The first-order chi connectivity index (χ1) is 12.9. The number of benzene rings is 1. The molecule has 6 heteroatoms. The molecule has 1 aromatic rings. The van der Waals surface area contributed by atoms with Crippen molar-refractivity contribution in [1.29, 1.82) is 0 Å². The van der Waals surface area contributed by atoms with Crippen LogP contribution in [-0.2, 0) is 14.3 Å². The molecule has 0 spiro atoms. The molecule has 0 atom stereocenters. The van der Waals surface area contributed by atoms with Crippen LogP contribution in [0.5, 0.6) is 11.5 Å². The lowest BCUT2D eigenvalue weighted by molar-refractivity contribution is -0.115. The fourth-order valence-electron chi connectivity index (χ4n) is 2.26. The summed E-state index contributed by atoms with van der Waals surface area (Å²) < 4.78 is 9.96. The molecule has 0 unspecified atom stereocenters. The van der Waals surface area contributed by atoms with Crippen molar-refractivity contribution in [2.24, 2.45) is 0 Å². The van der Waals surface area contributed by atoms with E-state index in [9.17, 15) is 19.8 Å². The monoisotopic (exact) mass is 368 g/mol. The van der Waals surface area contributed by atoms with Gasteiger partial charge in [-0.05, 0) is 47.6 Å². The minimum atomic E-state index is -0.295. The second kappa shape index (κ2) is 9.24. The molecule has 0 amide bonds. The lowest BCUT2D eigenvalue weighted by atomic mass is 10.1. The number of phenolic OH excluding ortho intramolecular Hbond substituents is 1. The van der Waals surface area contributed by atoms with Crippen LogP contribution in [0, 0.1) is 0 Å². The first kappa shape index (κ1) is 19.8. The van der Waals surface area contributed by atoms with Crippen molar-refractivity contribution in [2.45, 2.75) is 6.42 Å². The zero-order valence-electron chi connectivity index (χ0n) is 15.0. The van der Waals surface area contributed by atoms with E-state index in [1.807, 2.05) is 0 Å². The van der Waals surface area contributed by atoms with E-state index in [0.29, 0.717) is 16.9 Å². The second-order valence-electron chi connectivity index (χ2n) is 5.64. The van der Waals surface area contributed by atoms with Crippen LogP contribution in [0.3, 0.4) is 0 Å². The number of aliphatic hydroxyl groups is 1. The van der Waals surface area contributed by atoms with Crippen molar-refractivity contribution in [2.75, 3.05) is 14.2 Å². The number of hydrogen-bond donors (Lipinski definition) is 2. The van der Waals surface area contributed by atoms with Crippen molar-refractivity contribution >= 4 is 17.6 Å². The highest BCUT2D eigenvalue weighted by Gasteiger charge is 2.10. The van der Waals surface area contributed by atoms with Crippen LogP contribution >= 0.6 is 0 Å². The summed E-state index contributed by atoms with van der Waals surface area (Å²) in [6, 6.07) is 4.70. The van der Waals surface area contributed by atoms with Gasteiger partial charge in [-0.25, -0.2) is 0 Å². The maximum atomic E-state index is 12.0. The van der Waals surface area contributed by atoms with Crippen LogP contribution in [-0.4, -0.2) is 36.0 Å². The zero-order chi connectivity index (χ0) is 19.8. The molecule has 6 nitrogen and oxygen atoms in total. The molecule has 1 aliphatic rings. The van der Waals surface area contributed by atoms with Gasteiger partial charge in [0.1, 0.15) is 0 Å². The molecule has 1 aromatic carbocycles. The number of ketones is 2. The van der Waals surface area contributed by atoms with E-state index >= 15 is 0 Å². The lowest BCUT2D eigenvalue weighted by Crippen LogP contribution is -2.04. The molecule has 0 aliphatic heterocycles. The average Bonchev–Trinajstić information content (AvgIpc) is 2.66. The average molecular weight is 368 g/mol. The predicted octanol–water partition coefficient (Wildman–Crippen LogP) is 3.41. The summed E-state index contributed by atoms with van der Waals surface area (Å²) in [5.74, 6) is -0.107. The summed E-state index contributed by atoms with van der Waals surface area (Å²) in [6.07, 6.45) is 10.2. The van der Waals surface area contributed by atoms with E-state index in [0.717, 1.165) is 0 Å². The van der Waals surface area contributed by atoms with Crippen LogP contribution in [0.2, 0.25) is 0 Å². The van der Waals surface area contributed by atoms with Gasteiger partial charge in [-0.2, -0.15) is 0 Å². The van der Waals surface area contributed by atoms with Gasteiger partial charge < -0.3 is 19.7 Å². The summed E-state index contributed by atoms with van der Waals surface area (Å²) in [4.78, 5) is 23.4. The lowest BCUT2D eigenvalue weighted by Gasteiger charge is -2.06. The number of carbonyl (C=O) groups is 2. The number of ether oxygens (including phenoxy) is 2. The Kier molecular flexibility index (Phi) is 6.77. The minimum absolute atomic E-state index is 0.0127. The van der Waals surface area contributed by atoms with E-state index in [-0.39, 0.29) is 35.3 Å². The Morgan fingerprint density at radius 1 is 1.19 bits per heavy atom. The summed E-state index contributed by atoms with van der Waals surface area (Å²) >= 11 is 0. The van der Waals surface area contributed by atoms with E-state index in [1.54, 1.807) is 36.4 Å². The smallest absolute Gasteiger partial charge is 0.220 e. The molecular formula is C21H20O6. The van der Waals surface area contributed by atoms with Crippen molar-refractivity contribution in [3.05, 3.63) is 77.3 Å². The molecular weight excluding hydrogens is 348 g/mol. The minimum Gasteiger partial charge on any atom is -0.512 e. The van der Waals surface area contributed by atoms with Gasteiger partial charge >= 0.3 is 0 Å². The van der Waals surface area contributed by atoms with Gasteiger partial charge in [-0.1, -0.05) is 24.3 Å². The quantitative estimate of drug-likeness (QED) is 0.566. The second-order valence-corrected chi connectivity index (χ2v) is 5.64. The van der Waals surface area contributed by atoms with Crippen molar-refractivity contribution in [1.82, 2.24) is 0 Å². The van der Waals surface area contributed by atoms with Gasteiger partial charge in [0.25, 0.3) is 0 Å². The van der Waals surface area contributed by atoms with Gasteiger partial charge in [-0.15, -0.1) is 0 Å². The Bertz CT molecular complexity index is 884. The highest BCUT2D eigenvalue weighted by molar-refractivity contribution is 6.04.